The quantitative estimate of drug-likeness (QED) is 0.864. The number of amides is 1. The van der Waals surface area contributed by atoms with Crippen molar-refractivity contribution in [2.75, 3.05) is 18.6 Å². The molecule has 0 fully saturated rings. The van der Waals surface area contributed by atoms with Gasteiger partial charge in [0.1, 0.15) is 5.82 Å². The third kappa shape index (κ3) is 3.83. The lowest BCUT2D eigenvalue weighted by atomic mass is 10.2. The Hall–Kier alpha value is -0.550. The van der Waals surface area contributed by atoms with Crippen LogP contribution in [0.15, 0.2) is 22.7 Å². The van der Waals surface area contributed by atoms with Crippen molar-refractivity contribution in [2.45, 2.75) is 0 Å². The number of nitrogens with one attached hydrogen (secondary N) is 1. The summed E-state index contributed by atoms with van der Waals surface area (Å²) in [6.45, 7) is 0.615. The predicted molar refractivity (Wildman–Crippen MR) is 64.8 cm³/mol. The number of carbonyl (C=O) groups is 1. The molecule has 1 N–H and O–H groups in total. The first-order valence-corrected chi connectivity index (χ1v) is 6.56. The number of halogens is 2. The summed E-state index contributed by atoms with van der Waals surface area (Å²) in [6.07, 6.45) is 1.97. The Morgan fingerprint density at radius 3 is 2.93 bits per heavy atom. The highest BCUT2D eigenvalue weighted by atomic mass is 79.9. The van der Waals surface area contributed by atoms with Gasteiger partial charge in [-0.1, -0.05) is 0 Å². The molecule has 0 saturated carbocycles. The molecule has 5 heteroatoms. The van der Waals surface area contributed by atoms with Gasteiger partial charge in [0.05, 0.1) is 5.56 Å². The molecule has 0 saturated heterocycles. The highest BCUT2D eigenvalue weighted by molar-refractivity contribution is 9.10. The van der Waals surface area contributed by atoms with Crippen LogP contribution in [0.5, 0.6) is 0 Å². The van der Waals surface area contributed by atoms with Gasteiger partial charge >= 0.3 is 0 Å². The lowest BCUT2D eigenvalue weighted by Crippen LogP contribution is -2.26. The van der Waals surface area contributed by atoms with Crippen LogP contribution in [0.3, 0.4) is 0 Å². The zero-order valence-electron chi connectivity index (χ0n) is 8.22. The van der Waals surface area contributed by atoms with Crippen LogP contribution in [0.1, 0.15) is 10.4 Å². The Bertz CT molecular complexity index is 359. The SMILES string of the molecule is CSCCNC(=O)c1ccc(F)cc1Br. The zero-order chi connectivity index (χ0) is 11.3. The minimum Gasteiger partial charge on any atom is -0.351 e. The van der Waals surface area contributed by atoms with Crippen LogP contribution in [0, 0.1) is 5.82 Å². The van der Waals surface area contributed by atoms with Crippen molar-refractivity contribution in [3.63, 3.8) is 0 Å². The fourth-order valence-electron chi connectivity index (χ4n) is 1.04. The normalized spacial score (nSPS) is 10.1. The van der Waals surface area contributed by atoms with Gasteiger partial charge in [-0.15, -0.1) is 0 Å². The molecule has 0 spiro atoms. The van der Waals surface area contributed by atoms with Gasteiger partial charge in [-0.25, -0.2) is 4.39 Å². The first-order chi connectivity index (χ1) is 7.15. The van der Waals surface area contributed by atoms with E-state index in [1.54, 1.807) is 11.8 Å². The molecule has 0 atom stereocenters. The molecule has 15 heavy (non-hydrogen) atoms. The van der Waals surface area contributed by atoms with Crippen LogP contribution in [-0.2, 0) is 0 Å². The summed E-state index contributed by atoms with van der Waals surface area (Å²) in [7, 11) is 0. The summed E-state index contributed by atoms with van der Waals surface area (Å²) in [4.78, 5) is 11.6. The van der Waals surface area contributed by atoms with E-state index >= 15 is 0 Å². The first-order valence-electron chi connectivity index (χ1n) is 4.37. The number of benzene rings is 1. The second kappa shape index (κ2) is 6.12. The van der Waals surface area contributed by atoms with Gasteiger partial charge in [0.25, 0.3) is 5.91 Å². The van der Waals surface area contributed by atoms with Crippen molar-refractivity contribution in [2.24, 2.45) is 0 Å². The van der Waals surface area contributed by atoms with E-state index in [1.165, 1.54) is 18.2 Å². The Balaban J connectivity index is 2.65. The first kappa shape index (κ1) is 12.5. The lowest BCUT2D eigenvalue weighted by molar-refractivity contribution is 0.0955. The molecule has 82 valence electrons. The molecule has 1 aromatic rings. The average molecular weight is 292 g/mol. The van der Waals surface area contributed by atoms with E-state index in [-0.39, 0.29) is 11.7 Å². The summed E-state index contributed by atoms with van der Waals surface area (Å²) < 4.78 is 13.2. The Labute approximate surface area is 101 Å². The maximum atomic E-state index is 12.8. The van der Waals surface area contributed by atoms with Crippen molar-refractivity contribution in [1.29, 1.82) is 0 Å². The van der Waals surface area contributed by atoms with Gasteiger partial charge in [-0.05, 0) is 40.4 Å². The maximum absolute atomic E-state index is 12.8. The van der Waals surface area contributed by atoms with Crippen LogP contribution in [0.2, 0.25) is 0 Å². The van der Waals surface area contributed by atoms with Crippen LogP contribution < -0.4 is 5.32 Å². The molecule has 0 heterocycles. The van der Waals surface area contributed by atoms with Crippen LogP contribution in [0.4, 0.5) is 4.39 Å². The molecule has 0 aromatic heterocycles. The molecule has 0 bridgehead atoms. The summed E-state index contributed by atoms with van der Waals surface area (Å²) in [6, 6.07) is 4.02. The largest absolute Gasteiger partial charge is 0.351 e. The van der Waals surface area contributed by atoms with E-state index in [1.807, 2.05) is 6.26 Å². The molecule has 0 aliphatic rings. The number of hydrogen-bond donors (Lipinski definition) is 1. The summed E-state index contributed by atoms with van der Waals surface area (Å²) >= 11 is 4.81. The number of thioether (sulfide) groups is 1. The molecular formula is C10H11BrFNOS. The molecule has 1 aromatic carbocycles. The molecule has 0 aliphatic carbocycles. The van der Waals surface area contributed by atoms with Crippen LogP contribution in [0.25, 0.3) is 0 Å². The fraction of sp³-hybridized carbons (Fsp3) is 0.300. The van der Waals surface area contributed by atoms with E-state index in [4.69, 9.17) is 0 Å². The summed E-state index contributed by atoms with van der Waals surface area (Å²) in [5.41, 5.74) is 0.456. The average Bonchev–Trinajstić information content (AvgIpc) is 2.17. The molecule has 0 aliphatic heterocycles. The Morgan fingerprint density at radius 2 is 2.33 bits per heavy atom. The molecule has 1 amide bonds. The summed E-state index contributed by atoms with van der Waals surface area (Å²) in [5, 5.41) is 2.75. The van der Waals surface area contributed by atoms with E-state index in [2.05, 4.69) is 21.2 Å². The molecule has 0 unspecified atom stereocenters. The molecular weight excluding hydrogens is 281 g/mol. The minimum atomic E-state index is -0.359. The van der Waals surface area contributed by atoms with E-state index < -0.39 is 0 Å². The lowest BCUT2D eigenvalue weighted by Gasteiger charge is -2.05. The Kier molecular flexibility index (Phi) is 5.11. The summed E-state index contributed by atoms with van der Waals surface area (Å²) in [5.74, 6) is 0.323. The smallest absolute Gasteiger partial charge is 0.252 e. The zero-order valence-corrected chi connectivity index (χ0v) is 10.6. The van der Waals surface area contributed by atoms with Crippen molar-refractivity contribution in [3.05, 3.63) is 34.1 Å². The molecule has 2 nitrogen and oxygen atoms in total. The molecule has 1 rings (SSSR count). The van der Waals surface area contributed by atoms with Crippen molar-refractivity contribution in [3.8, 4) is 0 Å². The topological polar surface area (TPSA) is 29.1 Å². The Morgan fingerprint density at radius 1 is 1.60 bits per heavy atom. The minimum absolute atomic E-state index is 0.184. The van der Waals surface area contributed by atoms with Crippen molar-refractivity contribution < 1.29 is 9.18 Å². The third-order valence-electron chi connectivity index (χ3n) is 1.77. The van der Waals surface area contributed by atoms with Gasteiger partial charge in [-0.2, -0.15) is 11.8 Å². The van der Waals surface area contributed by atoms with E-state index in [9.17, 15) is 9.18 Å². The van der Waals surface area contributed by atoms with Crippen LogP contribution in [-0.4, -0.2) is 24.5 Å². The monoisotopic (exact) mass is 291 g/mol. The second-order valence-corrected chi connectivity index (χ2v) is 4.71. The number of hydrogen-bond acceptors (Lipinski definition) is 2. The highest BCUT2D eigenvalue weighted by Crippen LogP contribution is 2.17. The van der Waals surface area contributed by atoms with Crippen molar-refractivity contribution in [1.82, 2.24) is 5.32 Å². The van der Waals surface area contributed by atoms with Gasteiger partial charge in [0.2, 0.25) is 0 Å². The van der Waals surface area contributed by atoms with Crippen molar-refractivity contribution >= 4 is 33.6 Å². The maximum Gasteiger partial charge on any atom is 0.252 e. The number of rotatable bonds is 4. The van der Waals surface area contributed by atoms with Gasteiger partial charge < -0.3 is 5.32 Å². The van der Waals surface area contributed by atoms with Crippen LogP contribution >= 0.6 is 27.7 Å². The van der Waals surface area contributed by atoms with Gasteiger partial charge in [0, 0.05) is 16.8 Å². The molecule has 0 radical (unpaired) electrons. The fourth-order valence-corrected chi connectivity index (χ4v) is 1.87. The van der Waals surface area contributed by atoms with E-state index in [0.717, 1.165) is 5.75 Å². The second-order valence-electron chi connectivity index (χ2n) is 2.87. The standard InChI is InChI=1S/C10H11BrFNOS/c1-15-5-4-13-10(14)8-3-2-7(12)6-9(8)11/h2-3,6H,4-5H2,1H3,(H,13,14). The van der Waals surface area contributed by atoms with E-state index in [0.29, 0.717) is 16.6 Å². The number of carbonyl (C=O) groups excluding carboxylic acids is 1. The third-order valence-corrected chi connectivity index (χ3v) is 3.04. The highest BCUT2D eigenvalue weighted by Gasteiger charge is 2.09. The van der Waals surface area contributed by atoms with Gasteiger partial charge in [0.15, 0.2) is 0 Å². The van der Waals surface area contributed by atoms with Gasteiger partial charge in [-0.3, -0.25) is 4.79 Å². The predicted octanol–water partition coefficient (Wildman–Crippen LogP) is 2.68.